The fraction of sp³-hybridized carbons (Fsp3) is 0.562. The molecule has 0 saturated heterocycles. The number of ether oxygens (including phenoxy) is 1. The van der Waals surface area contributed by atoms with E-state index in [0.29, 0.717) is 22.3 Å². The van der Waals surface area contributed by atoms with Crippen molar-refractivity contribution >= 4 is 21.8 Å². The Balaban J connectivity index is 1.98. The number of methoxy groups -OCH3 is 1. The first-order valence-electron chi connectivity index (χ1n) is 6.83. The molecule has 1 saturated carbocycles. The van der Waals surface area contributed by atoms with E-state index < -0.39 is 0 Å². The summed E-state index contributed by atoms with van der Waals surface area (Å²) >= 11 is 3.40. The topological polar surface area (TPSA) is 38.3 Å². The van der Waals surface area contributed by atoms with Gasteiger partial charge in [0.1, 0.15) is 5.75 Å². The molecule has 0 aromatic heterocycles. The van der Waals surface area contributed by atoms with Crippen molar-refractivity contribution in [3.05, 3.63) is 28.2 Å². The molecule has 0 unspecified atom stereocenters. The van der Waals surface area contributed by atoms with E-state index in [1.54, 1.807) is 25.3 Å². The summed E-state index contributed by atoms with van der Waals surface area (Å²) in [6.45, 7) is 9.76. The molecule has 0 atom stereocenters. The van der Waals surface area contributed by atoms with E-state index in [9.17, 15) is 4.79 Å². The van der Waals surface area contributed by atoms with Crippen molar-refractivity contribution in [3.63, 3.8) is 0 Å². The highest BCUT2D eigenvalue weighted by Crippen LogP contribution is 2.67. The molecule has 1 N–H and O–H groups in total. The molecule has 1 amide bonds. The zero-order valence-corrected chi connectivity index (χ0v) is 14.3. The van der Waals surface area contributed by atoms with Crippen LogP contribution >= 0.6 is 15.9 Å². The van der Waals surface area contributed by atoms with Crippen LogP contribution in [0.2, 0.25) is 0 Å². The van der Waals surface area contributed by atoms with Gasteiger partial charge < -0.3 is 10.1 Å². The average molecular weight is 340 g/mol. The molecule has 2 rings (SSSR count). The van der Waals surface area contributed by atoms with Crippen LogP contribution in [0.4, 0.5) is 0 Å². The third-order valence-corrected chi connectivity index (χ3v) is 5.82. The van der Waals surface area contributed by atoms with Crippen LogP contribution in [0, 0.1) is 16.7 Å². The first-order valence-corrected chi connectivity index (χ1v) is 7.63. The van der Waals surface area contributed by atoms with Gasteiger partial charge in [0.2, 0.25) is 0 Å². The van der Waals surface area contributed by atoms with Gasteiger partial charge >= 0.3 is 0 Å². The van der Waals surface area contributed by atoms with E-state index in [1.165, 1.54) is 0 Å². The Morgan fingerprint density at radius 1 is 1.30 bits per heavy atom. The van der Waals surface area contributed by atoms with Crippen molar-refractivity contribution < 1.29 is 9.53 Å². The van der Waals surface area contributed by atoms with Gasteiger partial charge in [0.05, 0.1) is 11.6 Å². The second kappa shape index (κ2) is 5.06. The number of hydrogen-bond acceptors (Lipinski definition) is 2. The average Bonchev–Trinajstić information content (AvgIpc) is 2.76. The van der Waals surface area contributed by atoms with Gasteiger partial charge in [-0.2, -0.15) is 0 Å². The zero-order chi connectivity index (χ0) is 15.1. The van der Waals surface area contributed by atoms with E-state index in [1.807, 2.05) is 0 Å². The zero-order valence-electron chi connectivity index (χ0n) is 12.7. The van der Waals surface area contributed by atoms with E-state index in [2.05, 4.69) is 48.9 Å². The Hall–Kier alpha value is -1.03. The lowest BCUT2D eigenvalue weighted by molar-refractivity contribution is 0.0950. The van der Waals surface area contributed by atoms with Crippen molar-refractivity contribution in [1.29, 1.82) is 0 Å². The molecule has 20 heavy (non-hydrogen) atoms. The van der Waals surface area contributed by atoms with Crippen LogP contribution < -0.4 is 10.1 Å². The molecule has 1 aliphatic carbocycles. The lowest BCUT2D eigenvalue weighted by Gasteiger charge is -2.08. The monoisotopic (exact) mass is 339 g/mol. The van der Waals surface area contributed by atoms with E-state index >= 15 is 0 Å². The molecule has 3 nitrogen and oxygen atoms in total. The van der Waals surface area contributed by atoms with E-state index in [0.717, 1.165) is 16.8 Å². The minimum absolute atomic E-state index is 0.0353. The van der Waals surface area contributed by atoms with Crippen molar-refractivity contribution in [2.45, 2.75) is 27.7 Å². The van der Waals surface area contributed by atoms with Gasteiger partial charge in [0, 0.05) is 12.1 Å². The normalized spacial score (nSPS) is 19.5. The first-order chi connectivity index (χ1) is 9.21. The number of carbonyl (C=O) groups is 1. The third kappa shape index (κ3) is 2.46. The second-order valence-electron chi connectivity index (χ2n) is 6.56. The predicted molar refractivity (Wildman–Crippen MR) is 84.1 cm³/mol. The van der Waals surface area contributed by atoms with Crippen LogP contribution in [-0.2, 0) is 0 Å². The molecule has 1 fully saturated rings. The summed E-state index contributed by atoms with van der Waals surface area (Å²) in [6, 6.07) is 5.36. The van der Waals surface area contributed by atoms with Crippen LogP contribution in [0.3, 0.4) is 0 Å². The van der Waals surface area contributed by atoms with Gasteiger partial charge in [-0.1, -0.05) is 27.7 Å². The molecule has 0 radical (unpaired) electrons. The van der Waals surface area contributed by atoms with Crippen molar-refractivity contribution in [3.8, 4) is 5.75 Å². The second-order valence-corrected chi connectivity index (χ2v) is 7.41. The van der Waals surface area contributed by atoms with Crippen LogP contribution in [0.5, 0.6) is 5.75 Å². The van der Waals surface area contributed by atoms with Crippen molar-refractivity contribution in [2.75, 3.05) is 13.7 Å². The Labute approximate surface area is 129 Å². The van der Waals surface area contributed by atoms with Gasteiger partial charge in [0.25, 0.3) is 5.91 Å². The van der Waals surface area contributed by atoms with Crippen LogP contribution in [0.25, 0.3) is 0 Å². The number of halogens is 1. The highest BCUT2D eigenvalue weighted by Gasteiger charge is 2.64. The number of rotatable bonds is 4. The molecule has 1 aromatic carbocycles. The summed E-state index contributed by atoms with van der Waals surface area (Å²) in [5, 5.41) is 3.04. The SMILES string of the molecule is COc1ccc(C(=O)NCC2C(C)(C)C2(C)C)cc1Br. The molecule has 4 heteroatoms. The minimum Gasteiger partial charge on any atom is -0.496 e. The maximum absolute atomic E-state index is 12.2. The maximum Gasteiger partial charge on any atom is 0.251 e. The molecule has 0 heterocycles. The number of benzene rings is 1. The third-order valence-electron chi connectivity index (χ3n) is 5.20. The van der Waals surface area contributed by atoms with E-state index in [-0.39, 0.29) is 5.91 Å². The van der Waals surface area contributed by atoms with Crippen LogP contribution in [0.15, 0.2) is 22.7 Å². The summed E-state index contributed by atoms with van der Waals surface area (Å²) < 4.78 is 5.96. The Bertz CT molecular complexity index is 523. The number of amides is 1. The Morgan fingerprint density at radius 3 is 2.35 bits per heavy atom. The number of carbonyl (C=O) groups excluding carboxylic acids is 1. The fourth-order valence-electron chi connectivity index (χ4n) is 2.95. The highest BCUT2D eigenvalue weighted by molar-refractivity contribution is 9.10. The number of hydrogen-bond donors (Lipinski definition) is 1. The Morgan fingerprint density at radius 2 is 1.90 bits per heavy atom. The summed E-state index contributed by atoms with van der Waals surface area (Å²) in [7, 11) is 1.61. The smallest absolute Gasteiger partial charge is 0.251 e. The quantitative estimate of drug-likeness (QED) is 0.904. The largest absolute Gasteiger partial charge is 0.496 e. The van der Waals surface area contributed by atoms with Crippen molar-refractivity contribution in [1.82, 2.24) is 5.32 Å². The molecule has 0 bridgehead atoms. The summed E-state index contributed by atoms with van der Waals surface area (Å²) in [5.41, 5.74) is 1.23. The molecular weight excluding hydrogens is 318 g/mol. The Kier molecular flexibility index (Phi) is 3.89. The van der Waals surface area contributed by atoms with Gasteiger partial charge in [0.15, 0.2) is 0 Å². The minimum atomic E-state index is -0.0353. The van der Waals surface area contributed by atoms with Crippen LogP contribution in [-0.4, -0.2) is 19.6 Å². The lowest BCUT2D eigenvalue weighted by atomic mass is 10.0. The van der Waals surface area contributed by atoms with Gasteiger partial charge in [-0.25, -0.2) is 0 Å². The summed E-state index contributed by atoms with van der Waals surface area (Å²) in [4.78, 5) is 12.2. The standard InChI is InChI=1S/C16H22BrNO2/c1-15(2)13(16(15,3)4)9-18-14(19)10-6-7-12(20-5)11(17)8-10/h6-8,13H,9H2,1-5H3,(H,18,19). The molecule has 1 aromatic rings. The predicted octanol–water partition coefficient (Wildman–Crippen LogP) is 3.87. The molecule has 0 aliphatic heterocycles. The molecule has 0 spiro atoms. The lowest BCUT2D eigenvalue weighted by Crippen LogP contribution is -2.27. The van der Waals surface area contributed by atoms with Gasteiger partial charge in [-0.05, 0) is 50.9 Å². The van der Waals surface area contributed by atoms with Crippen molar-refractivity contribution in [2.24, 2.45) is 16.7 Å². The molecule has 1 aliphatic rings. The maximum atomic E-state index is 12.2. The highest BCUT2D eigenvalue weighted by atomic mass is 79.9. The molecular formula is C16H22BrNO2. The van der Waals surface area contributed by atoms with E-state index in [4.69, 9.17) is 4.74 Å². The summed E-state index contributed by atoms with van der Waals surface area (Å²) in [6.07, 6.45) is 0. The first kappa shape index (κ1) is 15.4. The van der Waals surface area contributed by atoms with Gasteiger partial charge in [-0.3, -0.25) is 4.79 Å². The fourth-order valence-corrected chi connectivity index (χ4v) is 3.49. The summed E-state index contributed by atoms with van der Waals surface area (Å²) in [5.74, 6) is 1.22. The number of nitrogens with one attached hydrogen (secondary N) is 1. The molecule has 110 valence electrons. The van der Waals surface area contributed by atoms with Crippen LogP contribution in [0.1, 0.15) is 38.1 Å². The van der Waals surface area contributed by atoms with Gasteiger partial charge in [-0.15, -0.1) is 0 Å².